The van der Waals surface area contributed by atoms with E-state index in [1.165, 1.54) is 0 Å². The van der Waals surface area contributed by atoms with Crippen LogP contribution >= 0.6 is 0 Å². The molecule has 20 atom stereocenters. The number of esters is 1. The molecule has 2 fully saturated rings. The molecule has 71 heavy (non-hydrogen) atoms. The highest BCUT2D eigenvalue weighted by molar-refractivity contribution is 5.80. The molecule has 1 amide bonds. The van der Waals surface area contributed by atoms with Crippen molar-refractivity contribution in [1.29, 1.82) is 0 Å². The Bertz CT molecular complexity index is 1810. The van der Waals surface area contributed by atoms with Crippen molar-refractivity contribution in [3.05, 3.63) is 85.1 Å². The number of rotatable bonds is 6. The first kappa shape index (κ1) is 61.8. The third kappa shape index (κ3) is 20.8. The SMILES string of the molecule is CC(C)[C@H](CO)NC(=O)[C@H]1[C@@H]2C[C@@H](O[C@@H]3O[C@H](C)[C@@H](O)[C@H](N)[C@@H]3O)/C=C/C=C/C=C/C=C/C=C/C=C/C=C/[C@H](C)[C@@H](O)[C@@H](C)[C@H](C)OC(=O)C[C@H](O)C[C@H](O)CC[C@@H](O)[C@H](O)C[C@H](O)C[C@](O)(C[C@@H]1O)O2. The van der Waals surface area contributed by atoms with Crippen LogP contribution in [0.15, 0.2) is 85.1 Å². The molecule has 0 unspecified atom stereocenters. The van der Waals surface area contributed by atoms with Crippen molar-refractivity contribution >= 4 is 11.9 Å². The van der Waals surface area contributed by atoms with Crippen molar-refractivity contribution in [2.24, 2.45) is 29.4 Å². The number of fused-ring (bicyclic) bond motifs is 2. The van der Waals surface area contributed by atoms with E-state index < -0.39 is 160 Å². The van der Waals surface area contributed by atoms with Crippen LogP contribution in [0.3, 0.4) is 0 Å². The van der Waals surface area contributed by atoms with E-state index in [-0.39, 0.29) is 37.5 Å². The smallest absolute Gasteiger partial charge is 0.308 e. The minimum absolute atomic E-state index is 0.106. The number of allylic oxidation sites excluding steroid dienone is 12. The maximum absolute atomic E-state index is 14.0. The molecular weight excluding hydrogens is 925 g/mol. The Balaban J connectivity index is 1.95. The van der Waals surface area contributed by atoms with Crippen LogP contribution in [-0.2, 0) is 28.5 Å². The number of ether oxygens (including phenoxy) is 4. The molecular formula is C52H84N2O17. The minimum atomic E-state index is -2.31. The van der Waals surface area contributed by atoms with Gasteiger partial charge in [0.25, 0.3) is 0 Å². The summed E-state index contributed by atoms with van der Waals surface area (Å²) >= 11 is 0. The van der Waals surface area contributed by atoms with Gasteiger partial charge in [-0.05, 0) is 39.0 Å². The highest BCUT2D eigenvalue weighted by Gasteiger charge is 2.51. The quantitative estimate of drug-likeness (QED) is 0.163. The van der Waals surface area contributed by atoms with Crippen LogP contribution in [0.2, 0.25) is 0 Å². The zero-order valence-corrected chi connectivity index (χ0v) is 41.9. The fourth-order valence-electron chi connectivity index (χ4n) is 8.69. The molecule has 3 aliphatic heterocycles. The lowest BCUT2D eigenvalue weighted by Gasteiger charge is -2.46. The van der Waals surface area contributed by atoms with Gasteiger partial charge in [0, 0.05) is 37.5 Å². The van der Waals surface area contributed by atoms with E-state index in [1.807, 2.05) is 37.3 Å². The van der Waals surface area contributed by atoms with Gasteiger partial charge in [-0.2, -0.15) is 0 Å². The Morgan fingerprint density at radius 1 is 0.718 bits per heavy atom. The predicted octanol–water partition coefficient (Wildman–Crippen LogP) is 0.760. The third-order valence-electron chi connectivity index (χ3n) is 13.4. The van der Waals surface area contributed by atoms with Gasteiger partial charge in [-0.15, -0.1) is 0 Å². The summed E-state index contributed by atoms with van der Waals surface area (Å²) in [5.41, 5.74) is 6.11. The molecule has 0 radical (unpaired) electrons. The van der Waals surface area contributed by atoms with E-state index in [1.54, 1.807) is 89.3 Å². The third-order valence-corrected chi connectivity index (χ3v) is 13.4. The maximum Gasteiger partial charge on any atom is 0.308 e. The van der Waals surface area contributed by atoms with Crippen LogP contribution in [0, 0.1) is 23.7 Å². The monoisotopic (exact) mass is 1010 g/mol. The predicted molar refractivity (Wildman–Crippen MR) is 263 cm³/mol. The summed E-state index contributed by atoms with van der Waals surface area (Å²) in [6, 6.07) is -1.86. The average molecular weight is 1010 g/mol. The van der Waals surface area contributed by atoms with E-state index in [9.17, 15) is 65.8 Å². The molecule has 404 valence electrons. The highest BCUT2D eigenvalue weighted by Crippen LogP contribution is 2.38. The first-order chi connectivity index (χ1) is 33.5. The van der Waals surface area contributed by atoms with Gasteiger partial charge >= 0.3 is 5.97 Å². The summed E-state index contributed by atoms with van der Waals surface area (Å²) in [4.78, 5) is 26.6. The molecule has 0 saturated carbocycles. The van der Waals surface area contributed by atoms with Crippen LogP contribution < -0.4 is 11.1 Å². The van der Waals surface area contributed by atoms with Gasteiger partial charge in [0.1, 0.15) is 12.2 Å². The van der Waals surface area contributed by atoms with Crippen molar-refractivity contribution < 1.29 is 84.7 Å². The molecule has 0 spiro atoms. The second-order valence-corrected chi connectivity index (χ2v) is 19.8. The van der Waals surface area contributed by atoms with Crippen LogP contribution in [0.1, 0.15) is 92.9 Å². The first-order valence-corrected chi connectivity index (χ1v) is 24.8. The van der Waals surface area contributed by atoms with Crippen molar-refractivity contribution in [1.82, 2.24) is 5.32 Å². The number of carbonyl (C=O) groups is 2. The summed E-state index contributed by atoms with van der Waals surface area (Å²) in [5, 5.41) is 123. The molecule has 2 bridgehead atoms. The summed E-state index contributed by atoms with van der Waals surface area (Å²) in [5.74, 6) is -6.07. The molecule has 0 aromatic heterocycles. The summed E-state index contributed by atoms with van der Waals surface area (Å²) in [6.07, 6.45) is 4.06. The topological polar surface area (TPSA) is 332 Å². The van der Waals surface area contributed by atoms with Crippen LogP contribution in [0.5, 0.6) is 0 Å². The number of cyclic esters (lactones) is 1. The van der Waals surface area contributed by atoms with E-state index in [0.29, 0.717) is 0 Å². The number of aliphatic hydroxyl groups excluding tert-OH is 10. The van der Waals surface area contributed by atoms with Crippen molar-refractivity contribution in [3.63, 3.8) is 0 Å². The van der Waals surface area contributed by atoms with Crippen molar-refractivity contribution in [2.45, 2.75) is 196 Å². The van der Waals surface area contributed by atoms with E-state index in [4.69, 9.17) is 24.7 Å². The van der Waals surface area contributed by atoms with E-state index in [2.05, 4.69) is 5.32 Å². The van der Waals surface area contributed by atoms with Gasteiger partial charge in [-0.3, -0.25) is 9.59 Å². The lowest BCUT2D eigenvalue weighted by molar-refractivity contribution is -0.307. The lowest BCUT2D eigenvalue weighted by atomic mass is 9.81. The van der Waals surface area contributed by atoms with Crippen LogP contribution in [0.4, 0.5) is 0 Å². The van der Waals surface area contributed by atoms with Gasteiger partial charge in [-0.25, -0.2) is 0 Å². The number of nitrogens with one attached hydrogen (secondary N) is 1. The Kier molecular flexibility index (Phi) is 26.7. The van der Waals surface area contributed by atoms with E-state index >= 15 is 0 Å². The molecule has 3 heterocycles. The summed E-state index contributed by atoms with van der Waals surface area (Å²) in [6.45, 7) is 9.93. The zero-order valence-electron chi connectivity index (χ0n) is 41.9. The molecule has 3 aliphatic rings. The number of nitrogens with two attached hydrogens (primary N) is 1. The summed E-state index contributed by atoms with van der Waals surface area (Å²) in [7, 11) is 0. The molecule has 2 saturated heterocycles. The van der Waals surface area contributed by atoms with Crippen LogP contribution in [0.25, 0.3) is 0 Å². The molecule has 0 aromatic carbocycles. The standard InChI is InChI=1S/C52H84N2O17/c1-30(2)39(29-55)54-50(66)45-42(61)28-52(67)27-37(58)24-41(60)40(59)22-21-35(56)23-36(57)25-44(62)68-33(5)32(4)47(63)31(3)19-17-15-13-11-9-7-8-10-12-14-16-18-20-38(26-43(45)71-52)70-51-49(65)46(53)48(64)34(6)69-51/h7-20,30-43,45-49,51,55-61,63-65,67H,21-29,53H2,1-6H3,(H,54,66)/b8-7+,11-9+,12-10+,15-13+,16-14+,19-17+,20-18+/t31-,32-,33-,34+,35+,36+,37-,38-,39-,40+,41+,42-,43-,45+,46-,47+,48+,49-,51-,52+/m0/s1. The largest absolute Gasteiger partial charge is 0.462 e. The number of carbonyl (C=O) groups excluding carboxylic acids is 2. The minimum Gasteiger partial charge on any atom is -0.462 e. The lowest BCUT2D eigenvalue weighted by Crippen LogP contribution is -2.62. The molecule has 0 aromatic rings. The van der Waals surface area contributed by atoms with Gasteiger partial charge in [-0.1, -0.05) is 113 Å². The van der Waals surface area contributed by atoms with Crippen molar-refractivity contribution in [3.8, 4) is 0 Å². The van der Waals surface area contributed by atoms with Gasteiger partial charge in [0.05, 0.1) is 98.2 Å². The average Bonchev–Trinajstić information content (AvgIpc) is 3.29. The highest BCUT2D eigenvalue weighted by atomic mass is 16.7. The Labute approximate surface area is 418 Å². The fraction of sp³-hybridized carbons (Fsp3) is 0.692. The number of hydrogen-bond acceptors (Lipinski definition) is 18. The zero-order chi connectivity index (χ0) is 53.0. The Morgan fingerprint density at radius 3 is 1.87 bits per heavy atom. The summed E-state index contributed by atoms with van der Waals surface area (Å²) < 4.78 is 23.7. The molecule has 19 nitrogen and oxygen atoms in total. The molecule has 3 rings (SSSR count). The molecule has 0 aliphatic carbocycles. The van der Waals surface area contributed by atoms with Gasteiger partial charge in [0.15, 0.2) is 12.1 Å². The second-order valence-electron chi connectivity index (χ2n) is 19.8. The van der Waals surface area contributed by atoms with Gasteiger partial charge in [0.2, 0.25) is 5.91 Å². The van der Waals surface area contributed by atoms with Gasteiger partial charge < -0.3 is 86.2 Å². The second kappa shape index (κ2) is 30.7. The first-order valence-electron chi connectivity index (χ1n) is 24.8. The van der Waals surface area contributed by atoms with E-state index in [0.717, 1.165) is 0 Å². The number of aliphatic hydroxyl groups is 11. The molecule has 14 N–H and O–H groups in total. The van der Waals surface area contributed by atoms with Crippen molar-refractivity contribution in [2.75, 3.05) is 6.61 Å². The number of hydrogen-bond donors (Lipinski definition) is 13. The Morgan fingerprint density at radius 2 is 1.30 bits per heavy atom. The van der Waals surface area contributed by atoms with Crippen LogP contribution in [-0.4, -0.2) is 178 Å². The maximum atomic E-state index is 14.0. The molecule has 19 heteroatoms. The fourth-order valence-corrected chi connectivity index (χ4v) is 8.69. The number of amides is 1. The normalized spacial score (nSPS) is 43.2. The Hall–Kier alpha value is -3.48.